The average molecular weight is 476 g/mol. The molecule has 5 nitrogen and oxygen atoms in total. The lowest BCUT2D eigenvalue weighted by molar-refractivity contribution is 0.0755. The number of amides is 1. The van der Waals surface area contributed by atoms with Crippen molar-refractivity contribution in [3.05, 3.63) is 110 Å². The van der Waals surface area contributed by atoms with Gasteiger partial charge in [0, 0.05) is 24.1 Å². The van der Waals surface area contributed by atoms with Crippen LogP contribution in [0.25, 0.3) is 11.0 Å². The fourth-order valence-corrected chi connectivity index (χ4v) is 4.37. The van der Waals surface area contributed by atoms with Crippen LogP contribution in [0.2, 0.25) is 0 Å². The Kier molecular flexibility index (Phi) is 5.74. The van der Waals surface area contributed by atoms with Crippen molar-refractivity contribution in [1.82, 2.24) is 14.5 Å². The van der Waals surface area contributed by atoms with Crippen LogP contribution in [-0.4, -0.2) is 27.4 Å². The maximum absolute atomic E-state index is 13.6. The molecule has 0 saturated heterocycles. The number of carbonyl (C=O) groups is 1. The molecule has 156 valence electrons. The van der Waals surface area contributed by atoms with Gasteiger partial charge >= 0.3 is 0 Å². The minimum Gasteiger partial charge on any atom is -0.331 e. The summed E-state index contributed by atoms with van der Waals surface area (Å²) in [6.45, 7) is 1.69. The highest BCUT2D eigenvalue weighted by Gasteiger charge is 2.26. The molecule has 3 aromatic carbocycles. The van der Waals surface area contributed by atoms with Crippen LogP contribution < -0.4 is 5.56 Å². The highest BCUT2D eigenvalue weighted by molar-refractivity contribution is 9.10. The Hall–Kier alpha value is -3.25. The van der Waals surface area contributed by atoms with Crippen molar-refractivity contribution in [3.63, 3.8) is 0 Å². The topological polar surface area (TPSA) is 55.2 Å². The molecule has 1 amide bonds. The number of aromatic nitrogens is 2. The summed E-state index contributed by atoms with van der Waals surface area (Å²) in [5.41, 5.74) is 4.09. The number of aryl methyl sites for hydroxylation is 2. The van der Waals surface area contributed by atoms with Crippen molar-refractivity contribution in [2.24, 2.45) is 7.05 Å². The van der Waals surface area contributed by atoms with E-state index in [-0.39, 0.29) is 17.5 Å². The number of nitrogens with zero attached hydrogens (tertiary/aromatic N) is 3. The van der Waals surface area contributed by atoms with Gasteiger partial charge in [-0.1, -0.05) is 64.5 Å². The summed E-state index contributed by atoms with van der Waals surface area (Å²) in [7, 11) is 3.50. The minimum atomic E-state index is -0.278. The molecule has 1 heterocycles. The lowest BCUT2D eigenvalue weighted by atomic mass is 9.96. The first-order valence-electron chi connectivity index (χ1n) is 9.92. The lowest BCUT2D eigenvalue weighted by Crippen LogP contribution is -2.32. The van der Waals surface area contributed by atoms with E-state index >= 15 is 0 Å². The van der Waals surface area contributed by atoms with Gasteiger partial charge in [-0.2, -0.15) is 0 Å². The number of hydrogen-bond donors (Lipinski definition) is 0. The van der Waals surface area contributed by atoms with E-state index in [0.29, 0.717) is 22.3 Å². The molecule has 0 N–H and O–H groups in total. The number of carbonyl (C=O) groups excluding carboxylic acids is 1. The first-order chi connectivity index (χ1) is 14.9. The highest BCUT2D eigenvalue weighted by atomic mass is 79.9. The SMILES string of the molecule is Cc1nc2ccc(C(=O)N(C)C(c3ccccc3)c3ccccc3Br)cc2n(C)c1=O. The van der Waals surface area contributed by atoms with Crippen molar-refractivity contribution in [3.8, 4) is 0 Å². The Labute approximate surface area is 189 Å². The molecule has 6 heteroatoms. The highest BCUT2D eigenvalue weighted by Crippen LogP contribution is 2.33. The van der Waals surface area contributed by atoms with Crippen molar-refractivity contribution in [2.45, 2.75) is 13.0 Å². The van der Waals surface area contributed by atoms with Crippen molar-refractivity contribution in [2.75, 3.05) is 7.05 Å². The molecule has 0 saturated carbocycles. The van der Waals surface area contributed by atoms with Gasteiger partial charge in [-0.05, 0) is 42.3 Å². The normalized spacial score (nSPS) is 12.0. The third-order valence-electron chi connectivity index (χ3n) is 5.51. The van der Waals surface area contributed by atoms with Crippen molar-refractivity contribution >= 4 is 32.9 Å². The van der Waals surface area contributed by atoms with Crippen LogP contribution in [0, 0.1) is 6.92 Å². The first kappa shape index (κ1) is 21.0. The maximum atomic E-state index is 13.6. The van der Waals surface area contributed by atoms with Gasteiger partial charge in [0.25, 0.3) is 11.5 Å². The van der Waals surface area contributed by atoms with Crippen LogP contribution in [0.4, 0.5) is 0 Å². The number of fused-ring (bicyclic) bond motifs is 1. The third kappa shape index (κ3) is 3.91. The summed E-state index contributed by atoms with van der Waals surface area (Å²) < 4.78 is 2.47. The van der Waals surface area contributed by atoms with Gasteiger partial charge in [0.2, 0.25) is 0 Å². The van der Waals surface area contributed by atoms with E-state index in [4.69, 9.17) is 0 Å². The van der Waals surface area contributed by atoms with Crippen LogP contribution in [0.5, 0.6) is 0 Å². The standard InChI is InChI=1S/C25H22BrN3O2/c1-16-24(30)28(2)22-15-18(13-14-21(22)27-16)25(31)29(3)23(17-9-5-4-6-10-17)19-11-7-8-12-20(19)26/h4-15,23H,1-3H3. The second kappa shape index (κ2) is 8.47. The number of benzene rings is 3. The van der Waals surface area contributed by atoms with Gasteiger partial charge in [0.05, 0.1) is 17.1 Å². The van der Waals surface area contributed by atoms with Gasteiger partial charge in [-0.25, -0.2) is 4.98 Å². The van der Waals surface area contributed by atoms with Crippen LogP contribution >= 0.6 is 15.9 Å². The molecule has 0 aliphatic carbocycles. The van der Waals surface area contributed by atoms with Crippen molar-refractivity contribution < 1.29 is 4.79 Å². The van der Waals surface area contributed by atoms with Crippen LogP contribution in [-0.2, 0) is 7.05 Å². The van der Waals surface area contributed by atoms with Gasteiger partial charge in [-0.3, -0.25) is 9.59 Å². The van der Waals surface area contributed by atoms with E-state index in [0.717, 1.165) is 15.6 Å². The number of rotatable bonds is 4. The van der Waals surface area contributed by atoms with Gasteiger partial charge in [0.15, 0.2) is 0 Å². The Morgan fingerprint density at radius 1 is 1.03 bits per heavy atom. The van der Waals surface area contributed by atoms with Crippen LogP contribution in [0.3, 0.4) is 0 Å². The zero-order valence-corrected chi connectivity index (χ0v) is 19.1. The predicted molar refractivity (Wildman–Crippen MR) is 126 cm³/mol. The van der Waals surface area contributed by atoms with E-state index in [1.165, 1.54) is 4.57 Å². The molecule has 0 aliphatic heterocycles. The Morgan fingerprint density at radius 2 is 1.71 bits per heavy atom. The summed E-state index contributed by atoms with van der Waals surface area (Å²) >= 11 is 3.64. The Bertz CT molecular complexity index is 1330. The predicted octanol–water partition coefficient (Wildman–Crippen LogP) is 4.87. The fourth-order valence-electron chi connectivity index (χ4n) is 3.87. The zero-order valence-electron chi connectivity index (χ0n) is 17.5. The quantitative estimate of drug-likeness (QED) is 0.423. The van der Waals surface area contributed by atoms with E-state index in [1.54, 1.807) is 44.1 Å². The molecular formula is C25H22BrN3O2. The summed E-state index contributed by atoms with van der Waals surface area (Å²) in [4.78, 5) is 32.0. The van der Waals surface area contributed by atoms with Crippen LogP contribution in [0.1, 0.15) is 33.2 Å². The number of hydrogen-bond acceptors (Lipinski definition) is 3. The molecular weight excluding hydrogens is 454 g/mol. The Balaban J connectivity index is 1.81. The molecule has 0 spiro atoms. The molecule has 0 fully saturated rings. The zero-order chi connectivity index (χ0) is 22.1. The second-order valence-corrected chi connectivity index (χ2v) is 8.37. The number of halogens is 1. The van der Waals surface area contributed by atoms with Crippen molar-refractivity contribution in [1.29, 1.82) is 0 Å². The largest absolute Gasteiger partial charge is 0.331 e. The Morgan fingerprint density at radius 3 is 2.42 bits per heavy atom. The van der Waals surface area contributed by atoms with E-state index in [9.17, 15) is 9.59 Å². The minimum absolute atomic E-state index is 0.139. The molecule has 0 bridgehead atoms. The molecule has 4 rings (SSSR count). The van der Waals surface area contributed by atoms with Gasteiger partial charge < -0.3 is 9.47 Å². The molecule has 4 aromatic rings. The molecule has 31 heavy (non-hydrogen) atoms. The van der Waals surface area contributed by atoms with E-state index in [1.807, 2.05) is 54.6 Å². The summed E-state index contributed by atoms with van der Waals surface area (Å²) in [6.07, 6.45) is 0. The summed E-state index contributed by atoms with van der Waals surface area (Å²) in [6, 6.07) is 22.9. The average Bonchev–Trinajstić information content (AvgIpc) is 2.79. The van der Waals surface area contributed by atoms with Gasteiger partial charge in [0.1, 0.15) is 5.69 Å². The lowest BCUT2D eigenvalue weighted by Gasteiger charge is -2.30. The molecule has 0 radical (unpaired) electrons. The fraction of sp³-hybridized carbons (Fsp3) is 0.160. The molecule has 0 aliphatic rings. The van der Waals surface area contributed by atoms with E-state index < -0.39 is 0 Å². The second-order valence-electron chi connectivity index (χ2n) is 7.52. The third-order valence-corrected chi connectivity index (χ3v) is 6.23. The van der Waals surface area contributed by atoms with Gasteiger partial charge in [-0.15, -0.1) is 0 Å². The van der Waals surface area contributed by atoms with E-state index in [2.05, 4.69) is 20.9 Å². The maximum Gasteiger partial charge on any atom is 0.272 e. The molecule has 1 unspecified atom stereocenters. The molecule has 1 aromatic heterocycles. The van der Waals surface area contributed by atoms with Crippen LogP contribution in [0.15, 0.2) is 82.1 Å². The first-order valence-corrected chi connectivity index (χ1v) is 10.7. The molecule has 1 atom stereocenters. The summed E-state index contributed by atoms with van der Waals surface area (Å²) in [5.74, 6) is -0.139. The smallest absolute Gasteiger partial charge is 0.272 e. The monoisotopic (exact) mass is 475 g/mol. The summed E-state index contributed by atoms with van der Waals surface area (Å²) in [5, 5.41) is 0.